The summed E-state index contributed by atoms with van der Waals surface area (Å²) in [5, 5.41) is 0.540. The molecule has 11 heteroatoms. The summed E-state index contributed by atoms with van der Waals surface area (Å²) >= 11 is 12.9. The molecule has 3 aliphatic rings. The number of hydrogen-bond donors (Lipinski definition) is 0. The first-order valence-corrected chi connectivity index (χ1v) is 13.1. The lowest BCUT2D eigenvalue weighted by molar-refractivity contribution is 0.000955. The van der Waals surface area contributed by atoms with E-state index in [1.807, 2.05) is 51.6 Å². The lowest BCUT2D eigenvalue weighted by Gasteiger charge is -2.48. The molecule has 4 atom stereocenters. The highest BCUT2D eigenvalue weighted by atomic mass is 35.5. The number of pyridine rings is 2. The van der Waals surface area contributed by atoms with Crippen molar-refractivity contribution in [2.45, 2.75) is 76.8 Å². The SMILES string of the molecule is C[C@@H]1Oc2nc(Cl)c(F)c3c(Cl)c(CCN(C)C)nc(c23)N2C[C@H]3CC[C@@H]([C@@H]12)N3C(=O)OC(C)(C)C. The maximum Gasteiger partial charge on any atom is 0.410 e. The highest BCUT2D eigenvalue weighted by molar-refractivity contribution is 6.38. The molecule has 0 spiro atoms. The molecule has 0 aromatic carbocycles. The molecular weight excluding hydrogens is 508 g/mol. The van der Waals surface area contributed by atoms with Crippen LogP contribution in [0.1, 0.15) is 46.2 Å². The van der Waals surface area contributed by atoms with Crippen molar-refractivity contribution in [3.8, 4) is 5.88 Å². The second kappa shape index (κ2) is 9.03. The van der Waals surface area contributed by atoms with E-state index in [4.69, 9.17) is 37.7 Å². The van der Waals surface area contributed by atoms with E-state index in [2.05, 4.69) is 9.88 Å². The van der Waals surface area contributed by atoms with Crippen LogP contribution in [0.5, 0.6) is 5.88 Å². The van der Waals surface area contributed by atoms with Crippen molar-refractivity contribution < 1.29 is 18.7 Å². The van der Waals surface area contributed by atoms with Crippen LogP contribution in [-0.4, -0.2) is 82.9 Å². The molecule has 8 nitrogen and oxygen atoms in total. The maximum absolute atomic E-state index is 15.4. The Morgan fingerprint density at radius 2 is 1.94 bits per heavy atom. The van der Waals surface area contributed by atoms with Gasteiger partial charge in [0, 0.05) is 19.5 Å². The third-order valence-electron chi connectivity index (χ3n) is 7.16. The number of rotatable bonds is 3. The molecule has 5 rings (SSSR count). The van der Waals surface area contributed by atoms with Crippen LogP contribution < -0.4 is 9.64 Å². The summed E-state index contributed by atoms with van der Waals surface area (Å²) in [6, 6.07) is -0.440. The number of ether oxygens (including phenoxy) is 2. The van der Waals surface area contributed by atoms with E-state index in [0.717, 1.165) is 12.8 Å². The van der Waals surface area contributed by atoms with Gasteiger partial charge in [-0.15, -0.1) is 0 Å². The van der Waals surface area contributed by atoms with Gasteiger partial charge in [0.2, 0.25) is 5.88 Å². The van der Waals surface area contributed by atoms with Gasteiger partial charge in [-0.3, -0.25) is 4.90 Å². The summed E-state index contributed by atoms with van der Waals surface area (Å²) in [5.74, 6) is 0.109. The molecule has 196 valence electrons. The number of nitrogens with zero attached hydrogens (tertiary/aromatic N) is 5. The molecule has 2 aromatic heterocycles. The Hall–Kier alpha value is -2.10. The smallest absolute Gasteiger partial charge is 0.410 e. The molecule has 2 fully saturated rings. The molecule has 0 saturated carbocycles. The number of amides is 1. The largest absolute Gasteiger partial charge is 0.472 e. The Morgan fingerprint density at radius 3 is 2.61 bits per heavy atom. The van der Waals surface area contributed by atoms with Crippen LogP contribution in [0.15, 0.2) is 0 Å². The molecule has 2 bridgehead atoms. The van der Waals surface area contributed by atoms with Gasteiger partial charge in [0.15, 0.2) is 11.0 Å². The highest BCUT2D eigenvalue weighted by Gasteiger charge is 2.53. The number of aromatic nitrogens is 2. The number of likely N-dealkylation sites (N-methyl/N-ethyl adjacent to an activating group) is 1. The molecule has 1 amide bonds. The quantitative estimate of drug-likeness (QED) is 0.512. The predicted octanol–water partition coefficient (Wildman–Crippen LogP) is 4.92. The molecular formula is C25H32Cl2FN5O3. The van der Waals surface area contributed by atoms with Gasteiger partial charge < -0.3 is 19.3 Å². The van der Waals surface area contributed by atoms with E-state index < -0.39 is 11.4 Å². The summed E-state index contributed by atoms with van der Waals surface area (Å²) in [4.78, 5) is 28.5. The summed E-state index contributed by atoms with van der Waals surface area (Å²) < 4.78 is 27.5. The van der Waals surface area contributed by atoms with Crippen molar-refractivity contribution in [1.29, 1.82) is 0 Å². The van der Waals surface area contributed by atoms with Gasteiger partial charge in [-0.1, -0.05) is 23.2 Å². The number of fused-ring (bicyclic) bond motifs is 5. The summed E-state index contributed by atoms with van der Waals surface area (Å²) in [7, 11) is 3.92. The molecule has 0 unspecified atom stereocenters. The predicted molar refractivity (Wildman–Crippen MR) is 138 cm³/mol. The van der Waals surface area contributed by atoms with Crippen LogP contribution in [0, 0.1) is 5.82 Å². The topological polar surface area (TPSA) is 71.0 Å². The fraction of sp³-hybridized carbons (Fsp3) is 0.640. The standard InChI is InChI=1S/C25H32Cl2FN5O3/c1-12-20-15-8-7-13(33(15)24(34)36-25(2,3)4)11-32(20)22-17-16(19(28)21(27)30-23(17)35-12)18(26)14(29-22)9-10-31(5)6/h12-13,15,20H,7-11H2,1-6H3/t12-,13+,15-,20+/m0/s1. The Morgan fingerprint density at radius 1 is 1.22 bits per heavy atom. The normalized spacial score (nSPS) is 25.2. The number of halogens is 3. The minimum Gasteiger partial charge on any atom is -0.472 e. The first kappa shape index (κ1) is 25.5. The van der Waals surface area contributed by atoms with Crippen molar-refractivity contribution in [1.82, 2.24) is 19.8 Å². The highest BCUT2D eigenvalue weighted by Crippen LogP contribution is 2.48. The fourth-order valence-electron chi connectivity index (χ4n) is 5.71. The van der Waals surface area contributed by atoms with Crippen LogP contribution in [0.25, 0.3) is 10.8 Å². The molecule has 2 aromatic rings. The number of anilines is 1. The van der Waals surface area contributed by atoms with Crippen LogP contribution in [0.4, 0.5) is 15.0 Å². The van der Waals surface area contributed by atoms with Gasteiger partial charge in [0.25, 0.3) is 0 Å². The lowest BCUT2D eigenvalue weighted by atomic mass is 9.98. The third-order valence-corrected chi connectivity index (χ3v) is 7.82. The second-order valence-corrected chi connectivity index (χ2v) is 11.9. The number of piperazine rings is 1. The molecule has 3 aliphatic heterocycles. The van der Waals surface area contributed by atoms with E-state index in [0.29, 0.717) is 36.4 Å². The third kappa shape index (κ3) is 4.23. The van der Waals surface area contributed by atoms with E-state index in [9.17, 15) is 4.79 Å². The summed E-state index contributed by atoms with van der Waals surface area (Å²) in [6.45, 7) is 8.75. The van der Waals surface area contributed by atoms with Crippen LogP contribution in [0.2, 0.25) is 10.2 Å². The Labute approximate surface area is 220 Å². The summed E-state index contributed by atoms with van der Waals surface area (Å²) in [5.41, 5.74) is -0.00553. The van der Waals surface area contributed by atoms with Gasteiger partial charge in [-0.2, -0.15) is 4.98 Å². The Kier molecular flexibility index (Phi) is 6.41. The van der Waals surface area contributed by atoms with E-state index >= 15 is 4.39 Å². The van der Waals surface area contributed by atoms with Gasteiger partial charge in [-0.25, -0.2) is 14.2 Å². The lowest BCUT2D eigenvalue weighted by Crippen LogP contribution is -2.65. The summed E-state index contributed by atoms with van der Waals surface area (Å²) in [6.07, 6.45) is 1.48. The average Bonchev–Trinajstić information content (AvgIpc) is 3.02. The minimum atomic E-state index is -0.680. The minimum absolute atomic E-state index is 0.0577. The number of carbonyl (C=O) groups is 1. The van der Waals surface area contributed by atoms with Crippen molar-refractivity contribution in [2.24, 2.45) is 0 Å². The van der Waals surface area contributed by atoms with Crippen LogP contribution in [-0.2, 0) is 11.2 Å². The molecule has 5 heterocycles. The zero-order valence-electron chi connectivity index (χ0n) is 21.4. The Bertz CT molecular complexity index is 1220. The van der Waals surface area contributed by atoms with E-state index in [1.165, 1.54) is 0 Å². The van der Waals surface area contributed by atoms with Crippen LogP contribution in [0.3, 0.4) is 0 Å². The molecule has 0 N–H and O–H groups in total. The average molecular weight is 540 g/mol. The van der Waals surface area contributed by atoms with Crippen molar-refractivity contribution in [2.75, 3.05) is 32.1 Å². The molecule has 2 saturated heterocycles. The van der Waals surface area contributed by atoms with Gasteiger partial charge in [0.1, 0.15) is 17.5 Å². The molecule has 0 aliphatic carbocycles. The Balaban J connectivity index is 1.65. The van der Waals surface area contributed by atoms with Gasteiger partial charge in [0.05, 0.1) is 39.6 Å². The number of hydrogen-bond acceptors (Lipinski definition) is 7. The zero-order valence-corrected chi connectivity index (χ0v) is 23.0. The van der Waals surface area contributed by atoms with Crippen molar-refractivity contribution in [3.05, 3.63) is 21.7 Å². The van der Waals surface area contributed by atoms with Crippen LogP contribution >= 0.6 is 23.2 Å². The second-order valence-electron chi connectivity index (χ2n) is 11.2. The van der Waals surface area contributed by atoms with Crippen molar-refractivity contribution in [3.63, 3.8) is 0 Å². The van der Waals surface area contributed by atoms with Gasteiger partial charge >= 0.3 is 6.09 Å². The fourth-order valence-corrected chi connectivity index (χ4v) is 6.20. The van der Waals surface area contributed by atoms with E-state index in [1.54, 1.807) is 0 Å². The van der Waals surface area contributed by atoms with Gasteiger partial charge in [-0.05, 0) is 54.6 Å². The zero-order chi connectivity index (χ0) is 26.1. The maximum atomic E-state index is 15.4. The first-order valence-electron chi connectivity index (χ1n) is 12.3. The molecule has 36 heavy (non-hydrogen) atoms. The number of carbonyl (C=O) groups excluding carboxylic acids is 1. The van der Waals surface area contributed by atoms with Crippen molar-refractivity contribution >= 4 is 45.9 Å². The molecule has 0 radical (unpaired) electrons. The van der Waals surface area contributed by atoms with E-state index in [-0.39, 0.29) is 51.8 Å². The first-order chi connectivity index (χ1) is 16.9. The monoisotopic (exact) mass is 539 g/mol.